The number of aliphatic hydroxyl groups excluding tert-OH is 1. The van der Waals surface area contributed by atoms with E-state index in [0.29, 0.717) is 43.9 Å². The summed E-state index contributed by atoms with van der Waals surface area (Å²) in [6.07, 6.45) is 1.67. The molecule has 0 bridgehead atoms. The molecule has 0 aliphatic carbocycles. The van der Waals surface area contributed by atoms with Crippen LogP contribution in [0.5, 0.6) is 5.75 Å². The molecule has 2 rings (SSSR count). The maximum absolute atomic E-state index is 12.2. The summed E-state index contributed by atoms with van der Waals surface area (Å²) in [5.41, 5.74) is 1.72. The third-order valence-corrected chi connectivity index (χ3v) is 4.48. The van der Waals surface area contributed by atoms with E-state index in [1.165, 1.54) is 6.07 Å². The van der Waals surface area contributed by atoms with Crippen LogP contribution in [0.25, 0.3) is 0 Å². The molecule has 0 saturated carbocycles. The fourth-order valence-electron chi connectivity index (χ4n) is 2.59. The van der Waals surface area contributed by atoms with Crippen LogP contribution in [0.2, 0.25) is 0 Å². The molecule has 0 spiro atoms. The molecule has 8 nitrogen and oxygen atoms in total. The Kier molecular flexibility index (Phi) is 8.91. The standard InChI is InChI=1S/C20H27N3O5S/c1-29(26,27)23-18-8-4-7-16(14-18)20(25)22-10-5-13-28-19-9-3-2-6-17(19)15-21-11-12-24/h2-4,6-9,14,21,23-24H,5,10-13,15H2,1H3,(H,22,25). The van der Waals surface area contributed by atoms with Crippen LogP contribution in [0.4, 0.5) is 5.69 Å². The highest BCUT2D eigenvalue weighted by molar-refractivity contribution is 7.92. The summed E-state index contributed by atoms with van der Waals surface area (Å²) in [4.78, 5) is 12.2. The lowest BCUT2D eigenvalue weighted by atomic mass is 10.2. The third kappa shape index (κ3) is 8.51. The van der Waals surface area contributed by atoms with Gasteiger partial charge in [0.25, 0.3) is 5.91 Å². The Morgan fingerprint density at radius 3 is 2.66 bits per heavy atom. The van der Waals surface area contributed by atoms with Crippen molar-refractivity contribution >= 4 is 21.6 Å². The highest BCUT2D eigenvalue weighted by Crippen LogP contribution is 2.17. The van der Waals surface area contributed by atoms with Crippen LogP contribution in [0, 0.1) is 0 Å². The number of rotatable bonds is 12. The van der Waals surface area contributed by atoms with Gasteiger partial charge in [0, 0.05) is 36.4 Å². The Labute approximate surface area is 171 Å². The van der Waals surface area contributed by atoms with Gasteiger partial charge >= 0.3 is 0 Å². The molecule has 2 aromatic carbocycles. The zero-order valence-electron chi connectivity index (χ0n) is 16.3. The summed E-state index contributed by atoms with van der Waals surface area (Å²) in [5, 5.41) is 14.8. The van der Waals surface area contributed by atoms with Crippen LogP contribution in [0.15, 0.2) is 48.5 Å². The summed E-state index contributed by atoms with van der Waals surface area (Å²) < 4.78 is 30.7. The minimum absolute atomic E-state index is 0.0793. The molecule has 0 unspecified atom stereocenters. The van der Waals surface area contributed by atoms with Gasteiger partial charge in [0.15, 0.2) is 0 Å². The number of sulfonamides is 1. The molecule has 2 aromatic rings. The summed E-state index contributed by atoms with van der Waals surface area (Å²) in [5.74, 6) is 0.486. The maximum atomic E-state index is 12.2. The van der Waals surface area contributed by atoms with E-state index in [1.807, 2.05) is 24.3 Å². The van der Waals surface area contributed by atoms with Gasteiger partial charge < -0.3 is 20.5 Å². The average Bonchev–Trinajstić information content (AvgIpc) is 2.67. The van der Waals surface area contributed by atoms with Crippen molar-refractivity contribution in [3.8, 4) is 5.75 Å². The molecule has 0 saturated heterocycles. The summed E-state index contributed by atoms with van der Waals surface area (Å²) in [7, 11) is -3.40. The van der Waals surface area contributed by atoms with E-state index in [4.69, 9.17) is 9.84 Å². The summed E-state index contributed by atoms with van der Waals surface area (Å²) in [6, 6.07) is 14.0. The minimum Gasteiger partial charge on any atom is -0.493 e. The number of anilines is 1. The molecule has 0 aliphatic rings. The quantitative estimate of drug-likeness (QED) is 0.384. The second-order valence-corrected chi connectivity index (χ2v) is 8.17. The predicted molar refractivity (Wildman–Crippen MR) is 113 cm³/mol. The van der Waals surface area contributed by atoms with E-state index in [0.717, 1.165) is 17.6 Å². The van der Waals surface area contributed by atoms with Crippen LogP contribution in [0.1, 0.15) is 22.3 Å². The first-order chi connectivity index (χ1) is 13.9. The number of ether oxygens (including phenoxy) is 1. The number of hydrogen-bond donors (Lipinski definition) is 4. The van der Waals surface area contributed by atoms with Crippen molar-refractivity contribution in [2.24, 2.45) is 0 Å². The molecule has 29 heavy (non-hydrogen) atoms. The second-order valence-electron chi connectivity index (χ2n) is 6.42. The molecule has 4 N–H and O–H groups in total. The summed E-state index contributed by atoms with van der Waals surface area (Å²) in [6.45, 7) is 2.06. The van der Waals surface area contributed by atoms with E-state index in [-0.39, 0.29) is 12.5 Å². The van der Waals surface area contributed by atoms with Gasteiger partial charge in [-0.3, -0.25) is 9.52 Å². The number of carbonyl (C=O) groups is 1. The smallest absolute Gasteiger partial charge is 0.251 e. The minimum atomic E-state index is -3.40. The Morgan fingerprint density at radius 2 is 1.90 bits per heavy atom. The number of aliphatic hydroxyl groups is 1. The maximum Gasteiger partial charge on any atom is 0.251 e. The van der Waals surface area contributed by atoms with Crippen LogP contribution in [-0.4, -0.2) is 52.0 Å². The molecule has 1 amide bonds. The van der Waals surface area contributed by atoms with Gasteiger partial charge in [-0.25, -0.2) is 8.42 Å². The zero-order valence-corrected chi connectivity index (χ0v) is 17.2. The van der Waals surface area contributed by atoms with Gasteiger partial charge in [-0.2, -0.15) is 0 Å². The van der Waals surface area contributed by atoms with Crippen molar-refractivity contribution in [1.82, 2.24) is 10.6 Å². The van der Waals surface area contributed by atoms with Crippen molar-refractivity contribution in [1.29, 1.82) is 0 Å². The lowest BCUT2D eigenvalue weighted by Gasteiger charge is -2.12. The highest BCUT2D eigenvalue weighted by Gasteiger charge is 2.08. The molecule has 0 aliphatic heterocycles. The topological polar surface area (TPSA) is 117 Å². The average molecular weight is 422 g/mol. The van der Waals surface area contributed by atoms with Gasteiger partial charge in [0.2, 0.25) is 10.0 Å². The fraction of sp³-hybridized carbons (Fsp3) is 0.350. The lowest BCUT2D eigenvalue weighted by molar-refractivity contribution is 0.0951. The summed E-state index contributed by atoms with van der Waals surface area (Å²) >= 11 is 0. The molecule has 0 radical (unpaired) electrons. The largest absolute Gasteiger partial charge is 0.493 e. The molecule has 0 fully saturated rings. The molecule has 0 atom stereocenters. The Balaban J connectivity index is 1.77. The van der Waals surface area contributed by atoms with Gasteiger partial charge in [0.1, 0.15) is 5.75 Å². The first-order valence-corrected chi connectivity index (χ1v) is 11.2. The second kappa shape index (κ2) is 11.4. The Hall–Kier alpha value is -2.62. The monoisotopic (exact) mass is 421 g/mol. The van der Waals surface area contributed by atoms with Crippen LogP contribution < -0.4 is 20.1 Å². The normalized spacial score (nSPS) is 11.1. The van der Waals surface area contributed by atoms with Crippen molar-refractivity contribution < 1.29 is 23.1 Å². The number of amides is 1. The van der Waals surface area contributed by atoms with Crippen LogP contribution in [-0.2, 0) is 16.6 Å². The first-order valence-electron chi connectivity index (χ1n) is 9.27. The van der Waals surface area contributed by atoms with Crippen molar-refractivity contribution in [3.63, 3.8) is 0 Å². The third-order valence-electron chi connectivity index (χ3n) is 3.87. The first kappa shape index (κ1) is 22.7. The molecule has 158 valence electrons. The lowest BCUT2D eigenvalue weighted by Crippen LogP contribution is -2.25. The Morgan fingerprint density at radius 1 is 1.10 bits per heavy atom. The number of para-hydroxylation sites is 1. The van der Waals surface area contributed by atoms with Crippen LogP contribution in [0.3, 0.4) is 0 Å². The number of carbonyl (C=O) groups excluding carboxylic acids is 1. The van der Waals surface area contributed by atoms with Gasteiger partial charge in [-0.1, -0.05) is 24.3 Å². The fourth-order valence-corrected chi connectivity index (χ4v) is 3.14. The zero-order chi connectivity index (χ0) is 21.1. The molecule has 9 heteroatoms. The molecular weight excluding hydrogens is 394 g/mol. The number of benzene rings is 2. The van der Waals surface area contributed by atoms with E-state index in [1.54, 1.807) is 18.2 Å². The SMILES string of the molecule is CS(=O)(=O)Nc1cccc(C(=O)NCCCOc2ccccc2CNCCO)c1. The Bertz CT molecular complexity index is 902. The molecular formula is C20H27N3O5S. The van der Waals surface area contributed by atoms with E-state index < -0.39 is 10.0 Å². The van der Waals surface area contributed by atoms with Gasteiger partial charge in [0.05, 0.1) is 19.5 Å². The molecule has 0 heterocycles. The van der Waals surface area contributed by atoms with Crippen molar-refractivity contribution in [3.05, 3.63) is 59.7 Å². The molecule has 0 aromatic heterocycles. The van der Waals surface area contributed by atoms with Gasteiger partial charge in [-0.15, -0.1) is 0 Å². The van der Waals surface area contributed by atoms with E-state index in [2.05, 4.69) is 15.4 Å². The predicted octanol–water partition coefficient (Wildman–Crippen LogP) is 1.34. The van der Waals surface area contributed by atoms with Gasteiger partial charge in [-0.05, 0) is 30.7 Å². The van der Waals surface area contributed by atoms with Crippen molar-refractivity contribution in [2.45, 2.75) is 13.0 Å². The van der Waals surface area contributed by atoms with E-state index >= 15 is 0 Å². The number of nitrogens with one attached hydrogen (secondary N) is 3. The van der Waals surface area contributed by atoms with Crippen LogP contribution >= 0.6 is 0 Å². The number of hydrogen-bond acceptors (Lipinski definition) is 6. The highest BCUT2D eigenvalue weighted by atomic mass is 32.2. The van der Waals surface area contributed by atoms with Crippen molar-refractivity contribution in [2.75, 3.05) is 37.3 Å². The van der Waals surface area contributed by atoms with E-state index in [9.17, 15) is 13.2 Å².